The summed E-state index contributed by atoms with van der Waals surface area (Å²) in [6, 6.07) is 9.78. The first-order valence-electron chi connectivity index (χ1n) is 5.60. The van der Waals surface area contributed by atoms with E-state index in [1.165, 1.54) is 12.1 Å². The van der Waals surface area contributed by atoms with Crippen LogP contribution in [0.25, 0.3) is 0 Å². The first-order valence-corrected chi connectivity index (χ1v) is 7.43. The van der Waals surface area contributed by atoms with Crippen LogP contribution in [0.5, 0.6) is 0 Å². The topological polar surface area (TPSA) is 12.0 Å². The van der Waals surface area contributed by atoms with Crippen LogP contribution in [0.3, 0.4) is 0 Å². The molecular formula is C14H11Cl2FIN. The lowest BCUT2D eigenvalue weighted by atomic mass is 9.99. The molecular weight excluding hydrogens is 399 g/mol. The van der Waals surface area contributed by atoms with Crippen LogP contribution in [0.2, 0.25) is 10.0 Å². The molecule has 0 spiro atoms. The summed E-state index contributed by atoms with van der Waals surface area (Å²) in [6.07, 6.45) is 0. The molecule has 0 fully saturated rings. The van der Waals surface area contributed by atoms with Gasteiger partial charge >= 0.3 is 0 Å². The van der Waals surface area contributed by atoms with E-state index in [1.807, 2.05) is 25.2 Å². The Kier molecular flexibility index (Phi) is 5.06. The van der Waals surface area contributed by atoms with Crippen LogP contribution in [0, 0.1) is 9.39 Å². The number of rotatable bonds is 3. The van der Waals surface area contributed by atoms with Gasteiger partial charge in [-0.3, -0.25) is 0 Å². The maximum Gasteiger partial charge on any atom is 0.123 e. The van der Waals surface area contributed by atoms with Crippen molar-refractivity contribution in [1.82, 2.24) is 5.32 Å². The van der Waals surface area contributed by atoms with Gasteiger partial charge in [0.2, 0.25) is 0 Å². The molecule has 2 rings (SSSR count). The Hall–Kier alpha value is -0.360. The Morgan fingerprint density at radius 3 is 2.53 bits per heavy atom. The van der Waals surface area contributed by atoms with Crippen LogP contribution < -0.4 is 5.32 Å². The lowest BCUT2D eigenvalue weighted by molar-refractivity contribution is 0.616. The third kappa shape index (κ3) is 3.40. The summed E-state index contributed by atoms with van der Waals surface area (Å²) in [7, 11) is 1.81. The smallest absolute Gasteiger partial charge is 0.123 e. The van der Waals surface area contributed by atoms with E-state index in [0.717, 1.165) is 9.13 Å². The number of hydrogen-bond donors (Lipinski definition) is 1. The minimum atomic E-state index is -0.309. The fraction of sp³-hybridized carbons (Fsp3) is 0.143. The van der Waals surface area contributed by atoms with Crippen LogP contribution in [-0.2, 0) is 0 Å². The average molecular weight is 410 g/mol. The molecule has 0 saturated heterocycles. The molecule has 0 aliphatic carbocycles. The van der Waals surface area contributed by atoms with E-state index in [4.69, 9.17) is 23.2 Å². The SMILES string of the molecule is CNC(c1cc(F)ccc1Cl)c1cc(Cl)ccc1I. The van der Waals surface area contributed by atoms with Crippen molar-refractivity contribution in [3.8, 4) is 0 Å². The fourth-order valence-electron chi connectivity index (χ4n) is 1.95. The van der Waals surface area contributed by atoms with Gasteiger partial charge in [0.05, 0.1) is 6.04 Å². The lowest BCUT2D eigenvalue weighted by Crippen LogP contribution is -2.19. The molecule has 2 aromatic rings. The van der Waals surface area contributed by atoms with E-state index >= 15 is 0 Å². The third-order valence-electron chi connectivity index (χ3n) is 2.83. The van der Waals surface area contributed by atoms with E-state index in [9.17, 15) is 4.39 Å². The summed E-state index contributed by atoms with van der Waals surface area (Å²) < 4.78 is 14.5. The monoisotopic (exact) mass is 409 g/mol. The number of benzene rings is 2. The van der Waals surface area contributed by atoms with Crippen molar-refractivity contribution in [2.75, 3.05) is 7.05 Å². The number of nitrogens with one attached hydrogen (secondary N) is 1. The highest BCUT2D eigenvalue weighted by atomic mass is 127. The molecule has 0 heterocycles. The molecule has 19 heavy (non-hydrogen) atoms. The molecule has 0 aromatic heterocycles. The zero-order chi connectivity index (χ0) is 14.0. The molecule has 0 radical (unpaired) electrons. The van der Waals surface area contributed by atoms with Crippen molar-refractivity contribution in [3.63, 3.8) is 0 Å². The minimum absolute atomic E-state index is 0.200. The molecule has 0 bridgehead atoms. The molecule has 1 N–H and O–H groups in total. The molecule has 5 heteroatoms. The van der Waals surface area contributed by atoms with Gasteiger partial charge < -0.3 is 5.32 Å². The molecule has 2 aromatic carbocycles. The summed E-state index contributed by atoms with van der Waals surface area (Å²) in [4.78, 5) is 0. The average Bonchev–Trinajstić information content (AvgIpc) is 2.38. The normalized spacial score (nSPS) is 12.5. The first kappa shape index (κ1) is 15.0. The Morgan fingerprint density at radius 2 is 1.84 bits per heavy atom. The van der Waals surface area contributed by atoms with E-state index in [0.29, 0.717) is 15.6 Å². The van der Waals surface area contributed by atoms with Gasteiger partial charge in [-0.25, -0.2) is 4.39 Å². The predicted molar refractivity (Wildman–Crippen MR) is 86.5 cm³/mol. The summed E-state index contributed by atoms with van der Waals surface area (Å²) in [5.41, 5.74) is 1.67. The van der Waals surface area contributed by atoms with Crippen LogP contribution in [0.1, 0.15) is 17.2 Å². The van der Waals surface area contributed by atoms with Crippen LogP contribution in [-0.4, -0.2) is 7.05 Å². The van der Waals surface area contributed by atoms with E-state index < -0.39 is 0 Å². The molecule has 0 saturated carbocycles. The van der Waals surface area contributed by atoms with Crippen LogP contribution in [0.15, 0.2) is 36.4 Å². The van der Waals surface area contributed by atoms with E-state index in [2.05, 4.69) is 27.9 Å². The highest BCUT2D eigenvalue weighted by Gasteiger charge is 2.18. The van der Waals surface area contributed by atoms with Crippen molar-refractivity contribution in [3.05, 3.63) is 67.0 Å². The van der Waals surface area contributed by atoms with Crippen LogP contribution in [0.4, 0.5) is 4.39 Å². The molecule has 1 atom stereocenters. The van der Waals surface area contributed by atoms with Crippen molar-refractivity contribution >= 4 is 45.8 Å². The highest BCUT2D eigenvalue weighted by molar-refractivity contribution is 14.1. The van der Waals surface area contributed by atoms with Gasteiger partial charge in [0.1, 0.15) is 5.82 Å². The van der Waals surface area contributed by atoms with Crippen molar-refractivity contribution < 1.29 is 4.39 Å². The molecule has 0 aliphatic rings. The largest absolute Gasteiger partial charge is 0.309 e. The zero-order valence-corrected chi connectivity index (χ0v) is 13.7. The van der Waals surface area contributed by atoms with Crippen molar-refractivity contribution in [2.24, 2.45) is 0 Å². The standard InChI is InChI=1S/C14H11Cl2FIN/c1-19-14(10-7-9(17)3-4-12(10)16)11-6-8(15)2-5-13(11)18/h2-7,14,19H,1H3. The lowest BCUT2D eigenvalue weighted by Gasteiger charge is -2.20. The highest BCUT2D eigenvalue weighted by Crippen LogP contribution is 2.32. The van der Waals surface area contributed by atoms with Gasteiger partial charge in [0.25, 0.3) is 0 Å². The molecule has 100 valence electrons. The van der Waals surface area contributed by atoms with Crippen molar-refractivity contribution in [2.45, 2.75) is 6.04 Å². The molecule has 1 unspecified atom stereocenters. The minimum Gasteiger partial charge on any atom is -0.309 e. The summed E-state index contributed by atoms with van der Waals surface area (Å²) in [6.45, 7) is 0. The Balaban J connectivity index is 2.55. The second-order valence-corrected chi connectivity index (χ2v) is 6.06. The Morgan fingerprint density at radius 1 is 1.11 bits per heavy atom. The predicted octanol–water partition coefficient (Wildman–Crippen LogP) is 5.05. The number of hydrogen-bond acceptors (Lipinski definition) is 1. The van der Waals surface area contributed by atoms with Gasteiger partial charge in [-0.1, -0.05) is 23.2 Å². The summed E-state index contributed by atoms with van der Waals surface area (Å²) in [5, 5.41) is 4.32. The number of halogens is 4. The fourth-order valence-corrected chi connectivity index (χ4v) is 3.00. The molecule has 0 aliphatic heterocycles. The van der Waals surface area contributed by atoms with Crippen LogP contribution >= 0.6 is 45.8 Å². The zero-order valence-electron chi connectivity index (χ0n) is 10.1. The van der Waals surface area contributed by atoms with Crippen molar-refractivity contribution in [1.29, 1.82) is 0 Å². The van der Waals surface area contributed by atoms with Gasteiger partial charge in [0.15, 0.2) is 0 Å². The molecule has 0 amide bonds. The second-order valence-electron chi connectivity index (χ2n) is 4.05. The van der Waals surface area contributed by atoms with E-state index in [-0.39, 0.29) is 11.9 Å². The summed E-state index contributed by atoms with van der Waals surface area (Å²) >= 11 is 14.4. The molecule has 1 nitrogen and oxygen atoms in total. The van der Waals surface area contributed by atoms with Gasteiger partial charge in [-0.15, -0.1) is 0 Å². The quantitative estimate of drug-likeness (QED) is 0.699. The van der Waals surface area contributed by atoms with Gasteiger partial charge in [-0.05, 0) is 77.2 Å². The Bertz CT molecular complexity index is 552. The maximum absolute atomic E-state index is 13.4. The maximum atomic E-state index is 13.4. The van der Waals surface area contributed by atoms with E-state index in [1.54, 1.807) is 6.07 Å². The Labute approximate surface area is 135 Å². The summed E-state index contributed by atoms with van der Waals surface area (Å²) in [5.74, 6) is -0.309. The van der Waals surface area contributed by atoms with Gasteiger partial charge in [0, 0.05) is 13.6 Å². The van der Waals surface area contributed by atoms with Gasteiger partial charge in [-0.2, -0.15) is 0 Å². The second kappa shape index (κ2) is 6.39. The third-order valence-corrected chi connectivity index (χ3v) is 4.39. The first-order chi connectivity index (χ1) is 9.02.